The van der Waals surface area contributed by atoms with Crippen LogP contribution in [0.3, 0.4) is 0 Å². The Morgan fingerprint density at radius 3 is 2.64 bits per heavy atom. The summed E-state index contributed by atoms with van der Waals surface area (Å²) in [5.74, 6) is 0.281. The van der Waals surface area contributed by atoms with E-state index in [4.69, 9.17) is 31.2 Å². The highest BCUT2D eigenvalue weighted by Gasteiger charge is 2.32. The molecule has 3 N–H and O–H groups in total. The third kappa shape index (κ3) is 8.37. The van der Waals surface area contributed by atoms with Gasteiger partial charge in [0.15, 0.2) is 23.2 Å². The number of amides is 1. The fourth-order valence-corrected chi connectivity index (χ4v) is 5.32. The molecule has 0 saturated carbocycles. The van der Waals surface area contributed by atoms with E-state index in [1.807, 2.05) is 12.1 Å². The van der Waals surface area contributed by atoms with Crippen LogP contribution >= 0.6 is 28.1 Å². The highest BCUT2D eigenvalue weighted by atomic mass is 79.9. The summed E-state index contributed by atoms with van der Waals surface area (Å²) in [6.45, 7) is 3.52. The van der Waals surface area contributed by atoms with Crippen LogP contribution in [0.2, 0.25) is 0 Å². The molecule has 0 aliphatic carbocycles. The molecule has 0 radical (unpaired) electrons. The van der Waals surface area contributed by atoms with E-state index >= 15 is 0 Å². The Hall–Kier alpha value is -4.93. The Kier molecular flexibility index (Phi) is 11.5. The second kappa shape index (κ2) is 15.7. The average molecular weight is 693 g/mol. The van der Waals surface area contributed by atoms with Gasteiger partial charge in [0, 0.05) is 16.8 Å². The van der Waals surface area contributed by atoms with Crippen LogP contribution in [0.15, 0.2) is 81.5 Å². The van der Waals surface area contributed by atoms with Crippen molar-refractivity contribution in [2.24, 2.45) is 5.10 Å². The SMILES string of the molecule is CCOC(=O)C1=C(C)NC(=S)N[C@@H]1c1ccccc1OCC(=O)NN=Cc1cc(Br)c(OCc2ccccc2C#N)c(OC)c1. The fraction of sp³-hybridized carbons (Fsp3) is 0.219. The maximum Gasteiger partial charge on any atom is 0.338 e. The topological polar surface area (TPSA) is 143 Å². The predicted octanol–water partition coefficient (Wildman–Crippen LogP) is 4.79. The molecule has 1 aliphatic rings. The van der Waals surface area contributed by atoms with E-state index in [9.17, 15) is 14.9 Å². The van der Waals surface area contributed by atoms with Crippen LogP contribution in [-0.4, -0.2) is 43.5 Å². The molecule has 0 bridgehead atoms. The van der Waals surface area contributed by atoms with Crippen LogP contribution in [0.1, 0.15) is 42.1 Å². The summed E-state index contributed by atoms with van der Waals surface area (Å²) in [4.78, 5) is 25.4. The number of para-hydroxylation sites is 1. The van der Waals surface area contributed by atoms with Gasteiger partial charge in [-0.05, 0) is 71.8 Å². The molecule has 4 rings (SSSR count). The molecule has 1 amide bonds. The first-order valence-corrected chi connectivity index (χ1v) is 14.9. The summed E-state index contributed by atoms with van der Waals surface area (Å²) in [7, 11) is 1.51. The molecular weight excluding hydrogens is 662 g/mol. The van der Waals surface area contributed by atoms with Crippen molar-refractivity contribution in [3.8, 4) is 23.3 Å². The number of allylic oxidation sites excluding steroid dienone is 1. The molecule has 232 valence electrons. The predicted molar refractivity (Wildman–Crippen MR) is 175 cm³/mol. The van der Waals surface area contributed by atoms with Gasteiger partial charge in [0.1, 0.15) is 12.4 Å². The molecule has 1 atom stereocenters. The molecule has 45 heavy (non-hydrogen) atoms. The molecule has 0 aromatic heterocycles. The Morgan fingerprint density at radius 1 is 1.13 bits per heavy atom. The van der Waals surface area contributed by atoms with Crippen LogP contribution in [0.25, 0.3) is 0 Å². The van der Waals surface area contributed by atoms with Crippen LogP contribution in [0.4, 0.5) is 0 Å². The van der Waals surface area contributed by atoms with Gasteiger partial charge < -0.3 is 29.6 Å². The Morgan fingerprint density at radius 2 is 1.89 bits per heavy atom. The number of hydrazone groups is 1. The van der Waals surface area contributed by atoms with E-state index in [1.54, 1.807) is 62.4 Å². The van der Waals surface area contributed by atoms with E-state index in [-0.39, 0.29) is 19.8 Å². The number of nitrogens with one attached hydrogen (secondary N) is 3. The van der Waals surface area contributed by atoms with E-state index in [1.165, 1.54) is 13.3 Å². The minimum atomic E-state index is -0.642. The van der Waals surface area contributed by atoms with Crippen molar-refractivity contribution in [1.29, 1.82) is 5.26 Å². The lowest BCUT2D eigenvalue weighted by Crippen LogP contribution is -2.45. The third-order valence-electron chi connectivity index (χ3n) is 6.52. The molecule has 0 unspecified atom stereocenters. The van der Waals surface area contributed by atoms with E-state index < -0.39 is 17.9 Å². The normalized spacial score (nSPS) is 14.2. The van der Waals surface area contributed by atoms with Crippen molar-refractivity contribution >= 4 is 51.4 Å². The van der Waals surface area contributed by atoms with Gasteiger partial charge in [0.05, 0.1) is 47.7 Å². The summed E-state index contributed by atoms with van der Waals surface area (Å²) in [5, 5.41) is 19.8. The smallest absolute Gasteiger partial charge is 0.338 e. The maximum atomic E-state index is 12.8. The number of halogens is 1. The maximum absolute atomic E-state index is 12.8. The van der Waals surface area contributed by atoms with E-state index in [2.05, 4.69) is 43.2 Å². The molecule has 1 aliphatic heterocycles. The van der Waals surface area contributed by atoms with E-state index in [0.29, 0.717) is 54.8 Å². The average Bonchev–Trinajstić information content (AvgIpc) is 3.03. The second-order valence-electron chi connectivity index (χ2n) is 9.50. The first kappa shape index (κ1) is 33.0. The van der Waals surface area contributed by atoms with Crippen LogP contribution in [-0.2, 0) is 20.9 Å². The van der Waals surface area contributed by atoms with Crippen molar-refractivity contribution in [2.45, 2.75) is 26.5 Å². The number of benzene rings is 3. The Bertz CT molecular complexity index is 1700. The molecule has 1 heterocycles. The molecule has 0 saturated heterocycles. The van der Waals surface area contributed by atoms with Crippen molar-refractivity contribution in [3.63, 3.8) is 0 Å². The number of rotatable bonds is 12. The lowest BCUT2D eigenvalue weighted by atomic mass is 9.95. The number of carbonyl (C=O) groups excluding carboxylic acids is 2. The minimum Gasteiger partial charge on any atom is -0.493 e. The van der Waals surface area contributed by atoms with Gasteiger partial charge in [0.25, 0.3) is 5.91 Å². The molecule has 0 spiro atoms. The lowest BCUT2D eigenvalue weighted by molar-refractivity contribution is -0.139. The van der Waals surface area contributed by atoms with Gasteiger partial charge in [0.2, 0.25) is 0 Å². The van der Waals surface area contributed by atoms with Gasteiger partial charge in [-0.25, -0.2) is 10.2 Å². The van der Waals surface area contributed by atoms with Crippen molar-refractivity contribution in [1.82, 2.24) is 16.1 Å². The van der Waals surface area contributed by atoms with Gasteiger partial charge in [-0.2, -0.15) is 10.4 Å². The first-order chi connectivity index (χ1) is 21.7. The summed E-state index contributed by atoms with van der Waals surface area (Å²) >= 11 is 8.82. The zero-order valence-corrected chi connectivity index (χ0v) is 27.1. The molecular formula is C32H30BrN5O6S. The summed E-state index contributed by atoms with van der Waals surface area (Å²) < 4.78 is 23.1. The number of thiocarbonyl (C=S) groups is 1. The van der Waals surface area contributed by atoms with Crippen LogP contribution < -0.4 is 30.3 Å². The highest BCUT2D eigenvalue weighted by molar-refractivity contribution is 9.10. The lowest BCUT2D eigenvalue weighted by Gasteiger charge is -2.30. The standard InChI is InChI=1S/C32H30BrN5O6S/c1-4-42-31(40)28-19(2)36-32(45)37-29(28)23-11-7-8-12-25(23)43-18-27(39)38-35-16-20-13-24(33)30(26(14-20)41-3)44-17-22-10-6-5-9-21(22)15-34/h5-14,16,29H,4,17-18H2,1-3H3,(H,38,39)(H2,36,37,45)/t29-/m1/s1. The number of hydrogen-bond acceptors (Lipinski definition) is 9. The number of nitriles is 1. The van der Waals surface area contributed by atoms with Gasteiger partial charge in [-0.1, -0.05) is 36.4 Å². The summed E-state index contributed by atoms with van der Waals surface area (Å²) in [6.07, 6.45) is 1.45. The third-order valence-corrected chi connectivity index (χ3v) is 7.33. The van der Waals surface area contributed by atoms with Gasteiger partial charge in [-0.15, -0.1) is 0 Å². The van der Waals surface area contributed by atoms with Crippen LogP contribution in [0.5, 0.6) is 17.2 Å². The van der Waals surface area contributed by atoms with Gasteiger partial charge >= 0.3 is 5.97 Å². The quantitative estimate of drug-likeness (QED) is 0.105. The number of esters is 1. The molecule has 11 nitrogen and oxygen atoms in total. The molecule has 3 aromatic rings. The molecule has 3 aromatic carbocycles. The molecule has 0 fully saturated rings. The van der Waals surface area contributed by atoms with Crippen molar-refractivity contribution < 1.29 is 28.5 Å². The van der Waals surface area contributed by atoms with E-state index in [0.717, 1.165) is 5.56 Å². The summed E-state index contributed by atoms with van der Waals surface area (Å²) in [5.41, 5.74) is 5.88. The Balaban J connectivity index is 1.40. The Labute approximate surface area is 274 Å². The number of ether oxygens (including phenoxy) is 4. The molecule has 13 heteroatoms. The monoisotopic (exact) mass is 691 g/mol. The minimum absolute atomic E-state index is 0.172. The zero-order chi connectivity index (χ0) is 32.3. The second-order valence-corrected chi connectivity index (χ2v) is 10.8. The fourth-order valence-electron chi connectivity index (χ4n) is 4.47. The first-order valence-electron chi connectivity index (χ1n) is 13.7. The highest BCUT2D eigenvalue weighted by Crippen LogP contribution is 2.37. The van der Waals surface area contributed by atoms with Crippen molar-refractivity contribution in [2.75, 3.05) is 20.3 Å². The summed E-state index contributed by atoms with van der Waals surface area (Å²) in [6, 6.07) is 19.2. The number of methoxy groups -OCH3 is 1. The largest absolute Gasteiger partial charge is 0.493 e. The van der Waals surface area contributed by atoms with Crippen molar-refractivity contribution in [3.05, 3.63) is 98.7 Å². The number of nitrogens with zero attached hydrogens (tertiary/aromatic N) is 2. The zero-order valence-electron chi connectivity index (χ0n) is 24.7. The number of carbonyl (C=O) groups is 2. The number of hydrogen-bond donors (Lipinski definition) is 3. The van der Waals surface area contributed by atoms with Crippen LogP contribution in [0, 0.1) is 11.3 Å². The van der Waals surface area contributed by atoms with Gasteiger partial charge in [-0.3, -0.25) is 4.79 Å².